The molecule has 1 N–H and O–H groups in total. The summed E-state index contributed by atoms with van der Waals surface area (Å²) in [6.45, 7) is 1.97. The molecule has 2 aromatic rings. The smallest absolute Gasteiger partial charge is 0.288 e. The van der Waals surface area contributed by atoms with Crippen molar-refractivity contribution in [3.8, 4) is 0 Å². The molecule has 0 fully saturated rings. The van der Waals surface area contributed by atoms with E-state index in [4.69, 9.17) is 11.6 Å². The van der Waals surface area contributed by atoms with Gasteiger partial charge in [-0.25, -0.2) is 4.98 Å². The number of halogens is 1. The number of nitrogens with one attached hydrogen (secondary N) is 1. The lowest BCUT2D eigenvalue weighted by atomic mass is 10.2. The highest BCUT2D eigenvalue weighted by Gasteiger charge is 2.14. The van der Waals surface area contributed by atoms with Crippen LogP contribution >= 0.6 is 22.9 Å². The molecular formula is C11H10ClN3O2S. The molecule has 94 valence electrons. The summed E-state index contributed by atoms with van der Waals surface area (Å²) in [7, 11) is 0. The highest BCUT2D eigenvalue weighted by Crippen LogP contribution is 2.29. The predicted molar refractivity (Wildman–Crippen MR) is 72.3 cm³/mol. The van der Waals surface area contributed by atoms with Gasteiger partial charge in [0.1, 0.15) is 10.0 Å². The number of nitro benzene ring substituents is 1. The summed E-state index contributed by atoms with van der Waals surface area (Å²) in [6.07, 6.45) is 1.74. The maximum Gasteiger partial charge on any atom is 0.288 e. The minimum atomic E-state index is -0.504. The van der Waals surface area contributed by atoms with Crippen LogP contribution < -0.4 is 5.32 Å². The molecule has 0 bridgehead atoms. The van der Waals surface area contributed by atoms with Crippen LogP contribution in [0.25, 0.3) is 0 Å². The molecule has 1 aromatic heterocycles. The fourth-order valence-corrected chi connectivity index (χ4v) is 2.40. The average Bonchev–Trinajstić information content (AvgIpc) is 2.81. The fraction of sp³-hybridized carbons (Fsp3) is 0.182. The highest BCUT2D eigenvalue weighted by molar-refractivity contribution is 7.09. The summed E-state index contributed by atoms with van der Waals surface area (Å²) in [6, 6.07) is 4.60. The molecule has 0 spiro atoms. The Hall–Kier alpha value is -1.66. The van der Waals surface area contributed by atoms with E-state index >= 15 is 0 Å². The van der Waals surface area contributed by atoms with Gasteiger partial charge < -0.3 is 5.32 Å². The van der Waals surface area contributed by atoms with E-state index in [0.29, 0.717) is 0 Å². The van der Waals surface area contributed by atoms with Crippen molar-refractivity contribution in [3.05, 3.63) is 49.9 Å². The summed E-state index contributed by atoms with van der Waals surface area (Å²) >= 11 is 7.39. The number of aromatic nitrogens is 1. The summed E-state index contributed by atoms with van der Waals surface area (Å²) in [5, 5.41) is 16.8. The lowest BCUT2D eigenvalue weighted by Crippen LogP contribution is -2.06. The number of nitrogens with zero attached hydrogens (tertiary/aromatic N) is 2. The Kier molecular flexibility index (Phi) is 3.78. The van der Waals surface area contributed by atoms with Crippen molar-refractivity contribution in [2.75, 3.05) is 5.32 Å². The number of hydrogen-bond acceptors (Lipinski definition) is 5. The van der Waals surface area contributed by atoms with E-state index in [0.717, 1.165) is 10.7 Å². The van der Waals surface area contributed by atoms with Crippen molar-refractivity contribution in [3.63, 3.8) is 0 Å². The van der Waals surface area contributed by atoms with E-state index in [2.05, 4.69) is 10.3 Å². The van der Waals surface area contributed by atoms with Gasteiger partial charge in [0, 0.05) is 23.3 Å². The first-order valence-electron chi connectivity index (χ1n) is 5.18. The third-order valence-electron chi connectivity index (χ3n) is 2.35. The number of thiazole rings is 1. The largest absolute Gasteiger partial charge is 0.376 e. The van der Waals surface area contributed by atoms with Gasteiger partial charge in [0.05, 0.1) is 11.0 Å². The van der Waals surface area contributed by atoms with Crippen LogP contribution in [0.15, 0.2) is 29.8 Å². The van der Waals surface area contributed by atoms with E-state index in [1.807, 2.05) is 12.3 Å². The Morgan fingerprint density at radius 3 is 2.89 bits per heavy atom. The van der Waals surface area contributed by atoms with Gasteiger partial charge >= 0.3 is 0 Å². The third kappa shape index (κ3) is 2.77. The molecule has 1 heterocycles. The van der Waals surface area contributed by atoms with Gasteiger partial charge in [-0.3, -0.25) is 10.1 Å². The van der Waals surface area contributed by atoms with E-state index in [9.17, 15) is 10.1 Å². The van der Waals surface area contributed by atoms with E-state index in [1.54, 1.807) is 29.7 Å². The van der Waals surface area contributed by atoms with Crippen LogP contribution in [0.2, 0.25) is 5.02 Å². The summed E-state index contributed by atoms with van der Waals surface area (Å²) < 4.78 is 0. The zero-order chi connectivity index (χ0) is 13.1. The van der Waals surface area contributed by atoms with Crippen LogP contribution in [0.1, 0.15) is 18.0 Å². The van der Waals surface area contributed by atoms with Crippen molar-refractivity contribution < 1.29 is 4.92 Å². The molecule has 0 aliphatic rings. The Morgan fingerprint density at radius 2 is 2.33 bits per heavy atom. The normalized spacial score (nSPS) is 12.1. The van der Waals surface area contributed by atoms with Gasteiger partial charge in [0.15, 0.2) is 0 Å². The molecule has 0 amide bonds. The SMILES string of the molecule is CC(Nc1ccc([N+](=O)[O-])c(Cl)c1)c1nccs1. The molecule has 2 rings (SSSR count). The molecule has 7 heteroatoms. The molecule has 1 unspecified atom stereocenters. The summed E-state index contributed by atoms with van der Waals surface area (Å²) in [5.74, 6) is 0. The van der Waals surface area contributed by atoms with E-state index in [-0.39, 0.29) is 16.8 Å². The second kappa shape index (κ2) is 5.32. The standard InChI is InChI=1S/C11H10ClN3O2S/c1-7(11-13-4-5-18-11)14-8-2-3-10(15(16)17)9(12)6-8/h2-7,14H,1H3. The van der Waals surface area contributed by atoms with Crippen molar-refractivity contribution in [1.82, 2.24) is 4.98 Å². The van der Waals surface area contributed by atoms with Gasteiger partial charge in [-0.15, -0.1) is 11.3 Å². The second-order valence-electron chi connectivity index (χ2n) is 3.66. The van der Waals surface area contributed by atoms with Crippen LogP contribution in [-0.2, 0) is 0 Å². The van der Waals surface area contributed by atoms with Crippen molar-refractivity contribution >= 4 is 34.3 Å². The molecule has 18 heavy (non-hydrogen) atoms. The monoisotopic (exact) mass is 283 g/mol. The third-order valence-corrected chi connectivity index (χ3v) is 3.61. The number of hydrogen-bond donors (Lipinski definition) is 1. The first kappa shape index (κ1) is 12.8. The molecule has 0 saturated carbocycles. The minimum absolute atomic E-state index is 0.0301. The average molecular weight is 284 g/mol. The van der Waals surface area contributed by atoms with Crippen molar-refractivity contribution in [2.45, 2.75) is 13.0 Å². The topological polar surface area (TPSA) is 68.1 Å². The number of anilines is 1. The lowest BCUT2D eigenvalue weighted by molar-refractivity contribution is -0.384. The van der Waals surface area contributed by atoms with Gasteiger partial charge in [0.25, 0.3) is 5.69 Å². The quantitative estimate of drug-likeness (QED) is 0.683. The highest BCUT2D eigenvalue weighted by atomic mass is 35.5. The van der Waals surface area contributed by atoms with Crippen LogP contribution in [0.5, 0.6) is 0 Å². The molecular weight excluding hydrogens is 274 g/mol. The summed E-state index contributed by atoms with van der Waals surface area (Å²) in [5.41, 5.74) is 0.636. The number of nitro groups is 1. The van der Waals surface area contributed by atoms with Crippen LogP contribution in [0.3, 0.4) is 0 Å². The molecule has 0 aliphatic carbocycles. The Morgan fingerprint density at radius 1 is 1.56 bits per heavy atom. The van der Waals surface area contributed by atoms with Gasteiger partial charge in [-0.1, -0.05) is 11.6 Å². The zero-order valence-corrected chi connectivity index (χ0v) is 11.0. The summed E-state index contributed by atoms with van der Waals surface area (Å²) in [4.78, 5) is 14.3. The minimum Gasteiger partial charge on any atom is -0.376 e. The van der Waals surface area contributed by atoms with Crippen LogP contribution in [-0.4, -0.2) is 9.91 Å². The van der Waals surface area contributed by atoms with Gasteiger partial charge in [-0.2, -0.15) is 0 Å². The van der Waals surface area contributed by atoms with E-state index in [1.165, 1.54) is 6.07 Å². The van der Waals surface area contributed by atoms with Gasteiger partial charge in [-0.05, 0) is 19.1 Å². The van der Waals surface area contributed by atoms with Gasteiger partial charge in [0.2, 0.25) is 0 Å². The number of benzene rings is 1. The van der Waals surface area contributed by atoms with Crippen molar-refractivity contribution in [2.24, 2.45) is 0 Å². The van der Waals surface area contributed by atoms with Crippen LogP contribution in [0, 0.1) is 10.1 Å². The van der Waals surface area contributed by atoms with Crippen molar-refractivity contribution in [1.29, 1.82) is 0 Å². The maximum atomic E-state index is 10.6. The zero-order valence-electron chi connectivity index (χ0n) is 9.46. The molecule has 1 aromatic carbocycles. The van der Waals surface area contributed by atoms with E-state index < -0.39 is 4.92 Å². The van der Waals surface area contributed by atoms with Crippen LogP contribution in [0.4, 0.5) is 11.4 Å². The number of rotatable bonds is 4. The molecule has 5 nitrogen and oxygen atoms in total. The Labute approximate surface area is 113 Å². The molecule has 0 aliphatic heterocycles. The predicted octanol–water partition coefficient (Wildman–Crippen LogP) is 3.88. The first-order chi connectivity index (χ1) is 8.58. The molecule has 0 saturated heterocycles. The Balaban J connectivity index is 2.15. The molecule has 0 radical (unpaired) electrons. The maximum absolute atomic E-state index is 10.6. The first-order valence-corrected chi connectivity index (χ1v) is 6.43. The molecule has 1 atom stereocenters. The second-order valence-corrected chi connectivity index (χ2v) is 4.99. The lowest BCUT2D eigenvalue weighted by Gasteiger charge is -2.12. The Bertz CT molecular complexity index is 559. The fourth-order valence-electron chi connectivity index (χ4n) is 1.50.